The first-order valence-electron chi connectivity index (χ1n) is 9.99. The largest absolute Gasteiger partial charge is 0.351 e. The first kappa shape index (κ1) is 21.1. The molecule has 1 fully saturated rings. The van der Waals surface area contributed by atoms with Crippen molar-refractivity contribution >= 4 is 29.1 Å². The van der Waals surface area contributed by atoms with Crippen LogP contribution in [-0.2, 0) is 4.79 Å². The van der Waals surface area contributed by atoms with E-state index >= 15 is 0 Å². The molecule has 31 heavy (non-hydrogen) atoms. The van der Waals surface area contributed by atoms with Crippen LogP contribution < -0.4 is 5.32 Å². The minimum Gasteiger partial charge on any atom is -0.351 e. The summed E-state index contributed by atoms with van der Waals surface area (Å²) in [6, 6.07) is 7.69. The molecule has 1 saturated heterocycles. The van der Waals surface area contributed by atoms with Crippen molar-refractivity contribution in [3.8, 4) is 11.3 Å². The number of aromatic nitrogens is 2. The van der Waals surface area contributed by atoms with E-state index in [0.29, 0.717) is 30.9 Å². The van der Waals surface area contributed by atoms with E-state index in [2.05, 4.69) is 15.3 Å². The summed E-state index contributed by atoms with van der Waals surface area (Å²) < 4.78 is 13.3. The Balaban J connectivity index is 1.42. The number of pyridine rings is 1. The number of benzene rings is 1. The Morgan fingerprint density at radius 1 is 1.19 bits per heavy atom. The van der Waals surface area contributed by atoms with E-state index < -0.39 is 5.82 Å². The number of hydrogen-bond acceptors (Lipinski definition) is 3. The number of aryl methyl sites for hydroxylation is 2. The van der Waals surface area contributed by atoms with Gasteiger partial charge in [-0.05, 0) is 61.7 Å². The van der Waals surface area contributed by atoms with Gasteiger partial charge in [-0.25, -0.2) is 4.39 Å². The van der Waals surface area contributed by atoms with Gasteiger partial charge in [0.25, 0.3) is 5.91 Å². The monoisotopic (exact) mass is 440 g/mol. The highest BCUT2D eigenvalue weighted by Gasteiger charge is 2.32. The molecule has 0 aliphatic carbocycles. The van der Waals surface area contributed by atoms with Crippen LogP contribution in [0.1, 0.15) is 28.0 Å². The molecule has 160 valence electrons. The van der Waals surface area contributed by atoms with Crippen molar-refractivity contribution in [2.75, 3.05) is 18.4 Å². The maximum atomic E-state index is 13.3. The number of rotatable bonds is 4. The van der Waals surface area contributed by atoms with E-state index in [9.17, 15) is 14.0 Å². The van der Waals surface area contributed by atoms with Crippen LogP contribution in [0.25, 0.3) is 11.3 Å². The number of nitrogens with zero attached hydrogens (tertiary/aromatic N) is 2. The number of carbonyl (C=O) groups excluding carboxylic acids is 2. The molecule has 0 saturated carbocycles. The van der Waals surface area contributed by atoms with Crippen molar-refractivity contribution in [1.29, 1.82) is 0 Å². The van der Waals surface area contributed by atoms with Gasteiger partial charge in [-0.15, -0.1) is 0 Å². The van der Waals surface area contributed by atoms with Crippen molar-refractivity contribution in [3.05, 3.63) is 70.4 Å². The van der Waals surface area contributed by atoms with Gasteiger partial charge < -0.3 is 15.2 Å². The lowest BCUT2D eigenvalue weighted by atomic mass is 10.0. The van der Waals surface area contributed by atoms with E-state index in [4.69, 9.17) is 11.6 Å². The lowest BCUT2D eigenvalue weighted by molar-refractivity contribution is -0.119. The highest BCUT2D eigenvalue weighted by Crippen LogP contribution is 2.27. The van der Waals surface area contributed by atoms with Gasteiger partial charge in [0.05, 0.1) is 10.9 Å². The van der Waals surface area contributed by atoms with Crippen LogP contribution in [-0.4, -0.2) is 39.8 Å². The molecule has 4 rings (SSSR count). The Morgan fingerprint density at radius 3 is 2.65 bits per heavy atom. The van der Waals surface area contributed by atoms with Crippen LogP contribution in [0.3, 0.4) is 0 Å². The zero-order valence-electron chi connectivity index (χ0n) is 17.2. The van der Waals surface area contributed by atoms with E-state index in [1.807, 2.05) is 19.9 Å². The number of H-pyrrole nitrogens is 1. The molecule has 2 N–H and O–H groups in total. The topological polar surface area (TPSA) is 78.1 Å². The number of aromatic amines is 1. The van der Waals surface area contributed by atoms with Gasteiger partial charge in [-0.2, -0.15) is 0 Å². The average Bonchev–Trinajstić information content (AvgIpc) is 3.40. The molecule has 1 atom stereocenters. The molecule has 1 aliphatic heterocycles. The summed E-state index contributed by atoms with van der Waals surface area (Å²) >= 11 is 5.77. The molecular weight excluding hydrogens is 419 g/mol. The van der Waals surface area contributed by atoms with Gasteiger partial charge in [0, 0.05) is 42.4 Å². The van der Waals surface area contributed by atoms with E-state index in [0.717, 1.165) is 22.4 Å². The third-order valence-corrected chi connectivity index (χ3v) is 5.83. The highest BCUT2D eigenvalue weighted by molar-refractivity contribution is 6.31. The van der Waals surface area contributed by atoms with Crippen LogP contribution in [0.4, 0.5) is 10.1 Å². The first-order chi connectivity index (χ1) is 14.8. The molecule has 1 aliphatic rings. The van der Waals surface area contributed by atoms with Gasteiger partial charge in [0.2, 0.25) is 5.91 Å². The highest BCUT2D eigenvalue weighted by atomic mass is 35.5. The average molecular weight is 441 g/mol. The molecular formula is C23H22ClFN4O2. The molecule has 6 nitrogen and oxygen atoms in total. The van der Waals surface area contributed by atoms with Crippen molar-refractivity contribution in [2.24, 2.45) is 5.92 Å². The molecule has 8 heteroatoms. The summed E-state index contributed by atoms with van der Waals surface area (Å²) in [5, 5.41) is 2.69. The Labute approximate surface area is 184 Å². The number of anilines is 1. The molecule has 3 aromatic rings. The van der Waals surface area contributed by atoms with Crippen molar-refractivity contribution in [3.63, 3.8) is 0 Å². The van der Waals surface area contributed by atoms with Crippen molar-refractivity contribution < 1.29 is 14.0 Å². The summed E-state index contributed by atoms with van der Waals surface area (Å²) in [5.41, 5.74) is 4.86. The van der Waals surface area contributed by atoms with Crippen LogP contribution in [0.15, 0.2) is 42.7 Å². The number of amides is 2. The molecule has 2 amide bonds. The quantitative estimate of drug-likeness (QED) is 0.623. The SMILES string of the molecule is Cc1cncc(C)c1-c1ccc(C(=O)N2CC[C@H](C(=O)Nc3ccc(F)c(Cl)c3)C2)[nH]1. The fourth-order valence-corrected chi connectivity index (χ4v) is 4.12. The van der Waals surface area contributed by atoms with Crippen LogP contribution in [0.5, 0.6) is 0 Å². The van der Waals surface area contributed by atoms with Crippen LogP contribution in [0, 0.1) is 25.6 Å². The molecule has 0 spiro atoms. The van der Waals surface area contributed by atoms with Gasteiger partial charge >= 0.3 is 0 Å². The minimum atomic E-state index is -0.542. The Kier molecular flexibility index (Phi) is 5.78. The number of hydrogen-bond donors (Lipinski definition) is 2. The fourth-order valence-electron chi connectivity index (χ4n) is 3.94. The molecule has 0 unspecified atom stereocenters. The van der Waals surface area contributed by atoms with Crippen molar-refractivity contribution in [1.82, 2.24) is 14.9 Å². The normalized spacial score (nSPS) is 15.9. The third kappa shape index (κ3) is 4.32. The summed E-state index contributed by atoms with van der Waals surface area (Å²) in [7, 11) is 0. The Morgan fingerprint density at radius 2 is 1.94 bits per heavy atom. The molecule has 0 radical (unpaired) electrons. The lowest BCUT2D eigenvalue weighted by Crippen LogP contribution is -2.31. The number of likely N-dealkylation sites (tertiary alicyclic amines) is 1. The maximum Gasteiger partial charge on any atom is 0.270 e. The number of halogens is 2. The maximum absolute atomic E-state index is 13.3. The second kappa shape index (κ2) is 8.51. The second-order valence-electron chi connectivity index (χ2n) is 7.79. The second-order valence-corrected chi connectivity index (χ2v) is 8.20. The Hall–Kier alpha value is -3.19. The Bertz CT molecular complexity index is 1140. The zero-order chi connectivity index (χ0) is 22.1. The molecule has 2 aromatic heterocycles. The summed E-state index contributed by atoms with van der Waals surface area (Å²) in [6.45, 7) is 4.77. The number of nitrogens with one attached hydrogen (secondary N) is 2. The van der Waals surface area contributed by atoms with Crippen LogP contribution in [0.2, 0.25) is 5.02 Å². The van der Waals surface area contributed by atoms with Gasteiger partial charge in [0.1, 0.15) is 11.5 Å². The van der Waals surface area contributed by atoms with E-state index in [-0.39, 0.29) is 22.8 Å². The van der Waals surface area contributed by atoms with Gasteiger partial charge in [-0.3, -0.25) is 14.6 Å². The fraction of sp³-hybridized carbons (Fsp3) is 0.261. The lowest BCUT2D eigenvalue weighted by Gasteiger charge is -2.16. The van der Waals surface area contributed by atoms with Gasteiger partial charge in [-0.1, -0.05) is 11.6 Å². The molecule has 3 heterocycles. The van der Waals surface area contributed by atoms with Gasteiger partial charge in [0.15, 0.2) is 0 Å². The summed E-state index contributed by atoms with van der Waals surface area (Å²) in [6.07, 6.45) is 4.15. The summed E-state index contributed by atoms with van der Waals surface area (Å²) in [5.74, 6) is -1.24. The smallest absolute Gasteiger partial charge is 0.270 e. The minimum absolute atomic E-state index is 0.0525. The zero-order valence-corrected chi connectivity index (χ0v) is 18.0. The summed E-state index contributed by atoms with van der Waals surface area (Å²) in [4.78, 5) is 34.6. The standard InChI is InChI=1S/C23H22ClFN4O2/c1-13-10-26-11-14(2)21(13)19-5-6-20(28-19)23(31)29-8-7-15(12-29)22(30)27-16-3-4-18(25)17(24)9-16/h3-6,9-11,15,28H,7-8,12H2,1-2H3,(H,27,30)/t15-/m0/s1. The molecule has 1 aromatic carbocycles. The first-order valence-corrected chi connectivity index (χ1v) is 10.4. The molecule has 0 bridgehead atoms. The predicted octanol–water partition coefficient (Wildman–Crippen LogP) is 4.59. The van der Waals surface area contributed by atoms with Crippen LogP contribution >= 0.6 is 11.6 Å². The number of carbonyl (C=O) groups is 2. The predicted molar refractivity (Wildman–Crippen MR) is 118 cm³/mol. The van der Waals surface area contributed by atoms with E-state index in [1.54, 1.807) is 23.4 Å². The van der Waals surface area contributed by atoms with E-state index in [1.165, 1.54) is 18.2 Å². The third-order valence-electron chi connectivity index (χ3n) is 5.54. The van der Waals surface area contributed by atoms with Crippen molar-refractivity contribution in [2.45, 2.75) is 20.3 Å².